The number of likely N-dealkylation sites (tertiary alicyclic amines) is 1. The summed E-state index contributed by atoms with van der Waals surface area (Å²) in [4.78, 5) is 14.4. The van der Waals surface area contributed by atoms with Crippen molar-refractivity contribution >= 4 is 40.1 Å². The van der Waals surface area contributed by atoms with Crippen LogP contribution < -0.4 is 5.32 Å². The number of piperidine rings is 1. The Hall–Kier alpha value is -0.330. The molecular weight excluding hydrogens is 387 g/mol. The summed E-state index contributed by atoms with van der Waals surface area (Å²) in [6.45, 7) is 3.11. The lowest BCUT2D eigenvalue weighted by Gasteiger charge is -2.28. The molecule has 110 valence electrons. The van der Waals surface area contributed by atoms with Crippen molar-refractivity contribution in [2.45, 2.75) is 19.3 Å². The highest BCUT2D eigenvalue weighted by atomic mass is 127. The van der Waals surface area contributed by atoms with Gasteiger partial charge in [-0.1, -0.05) is 11.6 Å². The zero-order valence-electron chi connectivity index (χ0n) is 11.7. The van der Waals surface area contributed by atoms with E-state index in [2.05, 4.69) is 39.9 Å². The molecule has 1 saturated heterocycles. The second kappa shape index (κ2) is 7.61. The van der Waals surface area contributed by atoms with Crippen LogP contribution >= 0.6 is 34.2 Å². The fourth-order valence-corrected chi connectivity index (χ4v) is 3.11. The summed E-state index contributed by atoms with van der Waals surface area (Å²) in [5, 5.41) is 3.69. The number of hydrogen-bond donors (Lipinski definition) is 1. The highest BCUT2D eigenvalue weighted by molar-refractivity contribution is 14.1. The molecule has 1 aliphatic rings. The maximum Gasteiger partial charge on any atom is 0.251 e. The van der Waals surface area contributed by atoms with Gasteiger partial charge in [-0.25, -0.2) is 0 Å². The topological polar surface area (TPSA) is 32.3 Å². The molecule has 1 aromatic rings. The Morgan fingerprint density at radius 2 is 2.15 bits per heavy atom. The molecule has 0 radical (unpaired) electrons. The van der Waals surface area contributed by atoms with Crippen LogP contribution in [0.15, 0.2) is 18.2 Å². The van der Waals surface area contributed by atoms with Gasteiger partial charge in [0, 0.05) is 15.7 Å². The Morgan fingerprint density at radius 3 is 2.80 bits per heavy atom. The summed E-state index contributed by atoms with van der Waals surface area (Å²) in [6, 6.07) is 5.37. The van der Waals surface area contributed by atoms with Crippen LogP contribution in [-0.4, -0.2) is 37.5 Å². The number of hydrogen-bond acceptors (Lipinski definition) is 2. The SMILES string of the molecule is CN1CCC(CCNC(=O)c2ccc(Cl)c(I)c2)CC1. The van der Waals surface area contributed by atoms with E-state index in [-0.39, 0.29) is 5.91 Å². The molecule has 1 amide bonds. The van der Waals surface area contributed by atoms with E-state index in [1.54, 1.807) is 12.1 Å². The molecule has 0 atom stereocenters. The predicted molar refractivity (Wildman–Crippen MR) is 91.3 cm³/mol. The van der Waals surface area contributed by atoms with Crippen LogP contribution in [0, 0.1) is 9.49 Å². The Morgan fingerprint density at radius 1 is 1.45 bits per heavy atom. The van der Waals surface area contributed by atoms with Gasteiger partial charge in [0.25, 0.3) is 5.91 Å². The fraction of sp³-hybridized carbons (Fsp3) is 0.533. The Bertz CT molecular complexity index is 473. The summed E-state index contributed by atoms with van der Waals surface area (Å²) in [6.07, 6.45) is 3.56. The summed E-state index contributed by atoms with van der Waals surface area (Å²) in [7, 11) is 2.17. The molecule has 1 fully saturated rings. The van der Waals surface area contributed by atoms with Gasteiger partial charge in [0.05, 0.1) is 5.02 Å². The van der Waals surface area contributed by atoms with E-state index in [0.29, 0.717) is 10.6 Å². The molecule has 5 heteroatoms. The van der Waals surface area contributed by atoms with Crippen LogP contribution in [0.5, 0.6) is 0 Å². The maximum absolute atomic E-state index is 12.0. The first-order chi connectivity index (χ1) is 9.56. The lowest BCUT2D eigenvalue weighted by molar-refractivity contribution is 0.0949. The van der Waals surface area contributed by atoms with Gasteiger partial charge in [-0.15, -0.1) is 0 Å². The number of nitrogens with one attached hydrogen (secondary N) is 1. The van der Waals surface area contributed by atoms with Crippen molar-refractivity contribution in [3.63, 3.8) is 0 Å². The lowest BCUT2D eigenvalue weighted by atomic mass is 9.94. The Balaban J connectivity index is 1.76. The third kappa shape index (κ3) is 4.60. The van der Waals surface area contributed by atoms with Crippen molar-refractivity contribution in [3.8, 4) is 0 Å². The Kier molecular flexibility index (Phi) is 6.11. The molecule has 0 saturated carbocycles. The number of nitrogens with zero attached hydrogens (tertiary/aromatic N) is 1. The summed E-state index contributed by atoms with van der Waals surface area (Å²) < 4.78 is 0.909. The van der Waals surface area contributed by atoms with Gasteiger partial charge in [0.2, 0.25) is 0 Å². The minimum absolute atomic E-state index is 0.00694. The van der Waals surface area contributed by atoms with E-state index in [9.17, 15) is 4.79 Å². The minimum atomic E-state index is -0.00694. The highest BCUT2D eigenvalue weighted by Crippen LogP contribution is 2.20. The normalized spacial score (nSPS) is 17.1. The van der Waals surface area contributed by atoms with Crippen LogP contribution in [0.1, 0.15) is 29.6 Å². The fourth-order valence-electron chi connectivity index (χ4n) is 2.48. The van der Waals surface area contributed by atoms with Gasteiger partial charge in [-0.2, -0.15) is 0 Å². The van der Waals surface area contributed by atoms with Gasteiger partial charge >= 0.3 is 0 Å². The largest absolute Gasteiger partial charge is 0.352 e. The third-order valence-corrected chi connectivity index (χ3v) is 5.40. The second-order valence-corrected chi connectivity index (χ2v) is 6.99. The molecule has 0 aliphatic carbocycles. The Labute approximate surface area is 139 Å². The van der Waals surface area contributed by atoms with Crippen LogP contribution in [-0.2, 0) is 0 Å². The number of benzene rings is 1. The number of carbonyl (C=O) groups is 1. The molecule has 1 aliphatic heterocycles. The number of carbonyl (C=O) groups excluding carboxylic acids is 1. The average Bonchev–Trinajstić information content (AvgIpc) is 2.44. The van der Waals surface area contributed by atoms with Crippen LogP contribution in [0.3, 0.4) is 0 Å². The molecule has 0 aromatic heterocycles. The van der Waals surface area contributed by atoms with E-state index in [4.69, 9.17) is 11.6 Å². The van der Waals surface area contributed by atoms with Crippen LogP contribution in [0.4, 0.5) is 0 Å². The van der Waals surface area contributed by atoms with Gasteiger partial charge in [-0.05, 0) is 86.1 Å². The molecule has 3 nitrogen and oxygen atoms in total. The van der Waals surface area contributed by atoms with E-state index < -0.39 is 0 Å². The first-order valence-electron chi connectivity index (χ1n) is 6.98. The first-order valence-corrected chi connectivity index (χ1v) is 8.43. The predicted octanol–water partition coefficient (Wildman–Crippen LogP) is 3.41. The number of halogens is 2. The molecule has 0 unspecified atom stereocenters. The maximum atomic E-state index is 12.0. The molecule has 20 heavy (non-hydrogen) atoms. The van der Waals surface area contributed by atoms with E-state index >= 15 is 0 Å². The van der Waals surface area contributed by atoms with Crippen molar-refractivity contribution in [3.05, 3.63) is 32.4 Å². The zero-order valence-corrected chi connectivity index (χ0v) is 14.6. The smallest absolute Gasteiger partial charge is 0.251 e. The molecule has 0 bridgehead atoms. The summed E-state index contributed by atoms with van der Waals surface area (Å²) in [5.74, 6) is 0.740. The summed E-state index contributed by atoms with van der Waals surface area (Å²) in [5.41, 5.74) is 0.683. The molecular formula is C15H20ClIN2O. The van der Waals surface area contributed by atoms with Gasteiger partial charge in [0.1, 0.15) is 0 Å². The monoisotopic (exact) mass is 406 g/mol. The molecule has 1 N–H and O–H groups in total. The summed E-state index contributed by atoms with van der Waals surface area (Å²) >= 11 is 8.10. The van der Waals surface area contributed by atoms with Gasteiger partial charge in [-0.3, -0.25) is 4.79 Å². The first kappa shape index (κ1) is 16.0. The van der Waals surface area contributed by atoms with Crippen LogP contribution in [0.2, 0.25) is 5.02 Å². The molecule has 1 aromatic carbocycles. The quantitative estimate of drug-likeness (QED) is 0.777. The van der Waals surface area contributed by atoms with E-state index in [0.717, 1.165) is 22.5 Å². The van der Waals surface area contributed by atoms with Gasteiger partial charge < -0.3 is 10.2 Å². The lowest BCUT2D eigenvalue weighted by Crippen LogP contribution is -2.32. The second-order valence-electron chi connectivity index (χ2n) is 5.42. The third-order valence-electron chi connectivity index (χ3n) is 3.86. The van der Waals surface area contributed by atoms with Gasteiger partial charge in [0.15, 0.2) is 0 Å². The molecule has 0 spiro atoms. The average molecular weight is 407 g/mol. The zero-order chi connectivity index (χ0) is 14.5. The minimum Gasteiger partial charge on any atom is -0.352 e. The van der Waals surface area contributed by atoms with Crippen molar-refractivity contribution in [2.75, 3.05) is 26.7 Å². The van der Waals surface area contributed by atoms with E-state index in [1.807, 2.05) is 6.07 Å². The van der Waals surface area contributed by atoms with Crippen molar-refractivity contribution in [2.24, 2.45) is 5.92 Å². The van der Waals surface area contributed by atoms with Crippen LogP contribution in [0.25, 0.3) is 0 Å². The molecule has 1 heterocycles. The number of rotatable bonds is 4. The molecule has 2 rings (SSSR count). The number of amides is 1. The highest BCUT2D eigenvalue weighted by Gasteiger charge is 2.16. The standard InChI is InChI=1S/C15H20ClIN2O/c1-19-8-5-11(6-9-19)4-7-18-15(20)12-2-3-13(16)14(17)10-12/h2-3,10-11H,4-9H2,1H3,(H,18,20). The van der Waals surface area contributed by atoms with E-state index in [1.165, 1.54) is 25.9 Å². The van der Waals surface area contributed by atoms with Crippen molar-refractivity contribution in [1.29, 1.82) is 0 Å². The van der Waals surface area contributed by atoms with Crippen molar-refractivity contribution < 1.29 is 4.79 Å². The van der Waals surface area contributed by atoms with Crippen molar-refractivity contribution in [1.82, 2.24) is 10.2 Å².